The summed E-state index contributed by atoms with van der Waals surface area (Å²) < 4.78 is 8.69. The van der Waals surface area contributed by atoms with Gasteiger partial charge in [-0.2, -0.15) is 0 Å². The minimum absolute atomic E-state index is 0.462. The second kappa shape index (κ2) is 7.41. The van der Waals surface area contributed by atoms with E-state index in [0.717, 1.165) is 19.3 Å². The van der Waals surface area contributed by atoms with Crippen LogP contribution < -0.4 is 0 Å². The number of carbonyl (C=O) groups is 3. The Hall–Kier alpha value is -1.89. The van der Waals surface area contributed by atoms with Gasteiger partial charge in [-0.1, -0.05) is 0 Å². The first-order valence-corrected chi connectivity index (χ1v) is 4.27. The van der Waals surface area contributed by atoms with E-state index in [1.165, 1.54) is 0 Å². The van der Waals surface area contributed by atoms with Crippen LogP contribution >= 0.6 is 0 Å². The van der Waals surface area contributed by atoms with E-state index in [9.17, 15) is 14.4 Å². The summed E-state index contributed by atoms with van der Waals surface area (Å²) in [4.78, 5) is 31.9. The Morgan fingerprint density at radius 2 is 1.81 bits per heavy atom. The number of carbonyl (C=O) groups excluding carboxylic acids is 2. The van der Waals surface area contributed by atoms with Crippen LogP contribution in [0.5, 0.6) is 0 Å². The zero-order valence-corrected chi connectivity index (χ0v) is 8.58. The molecule has 0 aromatic heterocycles. The molecule has 16 heavy (non-hydrogen) atoms. The molecule has 0 amide bonds. The monoisotopic (exact) mass is 232 g/mol. The lowest BCUT2D eigenvalue weighted by atomic mass is 10.2. The maximum absolute atomic E-state index is 10.9. The molecule has 0 rings (SSSR count). The molecule has 0 aliphatic heterocycles. The highest BCUT2D eigenvalue weighted by Crippen LogP contribution is 1.97. The van der Waals surface area contributed by atoms with Crippen molar-refractivity contribution in [2.24, 2.45) is 5.92 Å². The van der Waals surface area contributed by atoms with Gasteiger partial charge in [0.2, 0.25) is 0 Å². The number of aliphatic hydroxyl groups is 1. The van der Waals surface area contributed by atoms with Gasteiger partial charge >= 0.3 is 17.9 Å². The van der Waals surface area contributed by atoms with Gasteiger partial charge in [0, 0.05) is 12.2 Å². The van der Waals surface area contributed by atoms with E-state index in [0.29, 0.717) is 0 Å². The molecule has 1 atom stereocenters. The summed E-state index contributed by atoms with van der Waals surface area (Å²) in [6, 6.07) is 0. The normalized spacial score (nSPS) is 12.1. The van der Waals surface area contributed by atoms with Crippen LogP contribution in [-0.2, 0) is 23.9 Å². The largest absolute Gasteiger partial charge is 0.481 e. The fourth-order valence-electron chi connectivity index (χ4n) is 0.637. The first kappa shape index (κ1) is 14.1. The molecule has 90 valence electrons. The molecule has 0 spiro atoms. The van der Waals surface area contributed by atoms with Crippen LogP contribution in [0.15, 0.2) is 12.2 Å². The minimum Gasteiger partial charge on any atom is -0.481 e. The van der Waals surface area contributed by atoms with Gasteiger partial charge in [0.25, 0.3) is 0 Å². The quantitative estimate of drug-likeness (QED) is 0.444. The van der Waals surface area contributed by atoms with Crippen LogP contribution in [0.2, 0.25) is 0 Å². The molecular weight excluding hydrogens is 220 g/mol. The molecule has 0 aromatic rings. The molecule has 7 heteroatoms. The summed E-state index contributed by atoms with van der Waals surface area (Å²) in [5.74, 6) is -4.05. The van der Waals surface area contributed by atoms with E-state index in [1.54, 1.807) is 0 Å². The molecule has 7 nitrogen and oxygen atoms in total. The number of carboxylic acids is 1. The maximum atomic E-state index is 10.9. The van der Waals surface area contributed by atoms with Crippen LogP contribution in [0.3, 0.4) is 0 Å². The molecule has 0 saturated carbocycles. The van der Waals surface area contributed by atoms with E-state index in [1.807, 2.05) is 0 Å². The molecule has 0 fully saturated rings. The first-order valence-electron chi connectivity index (χ1n) is 4.27. The topological polar surface area (TPSA) is 110 Å². The number of hydrogen-bond donors (Lipinski definition) is 2. The first-order chi connectivity index (χ1) is 7.51. The summed E-state index contributed by atoms with van der Waals surface area (Å²) >= 11 is 0. The van der Waals surface area contributed by atoms with Gasteiger partial charge in [-0.05, 0) is 0 Å². The van der Waals surface area contributed by atoms with Crippen molar-refractivity contribution in [2.75, 3.05) is 20.3 Å². The fourth-order valence-corrected chi connectivity index (χ4v) is 0.637. The number of aliphatic carboxylic acids is 1. The van der Waals surface area contributed by atoms with Crippen molar-refractivity contribution in [3.63, 3.8) is 0 Å². The number of ether oxygens (including phenoxy) is 2. The molecule has 1 unspecified atom stereocenters. The highest BCUT2D eigenvalue weighted by atomic mass is 16.5. The van der Waals surface area contributed by atoms with E-state index in [-0.39, 0.29) is 0 Å². The number of methoxy groups -OCH3 is 1. The smallest absolute Gasteiger partial charge is 0.331 e. The van der Waals surface area contributed by atoms with Crippen LogP contribution in [0.25, 0.3) is 0 Å². The molecule has 0 aromatic carbocycles. The molecule has 0 radical (unpaired) electrons. The predicted octanol–water partition coefficient (Wildman–Crippen LogP) is -1.05. The standard InChI is InChI=1S/C9H12O7/c1-15-7(11)2-3-8(12)16-5-6(4-10)9(13)14/h2-3,6,10H,4-5H2,1H3,(H,13,14)/b3-2+. The zero-order chi connectivity index (χ0) is 12.6. The van der Waals surface area contributed by atoms with Gasteiger partial charge in [0.15, 0.2) is 0 Å². The number of aliphatic hydroxyl groups excluding tert-OH is 1. The Bertz CT molecular complexity index is 294. The lowest BCUT2D eigenvalue weighted by Crippen LogP contribution is -2.24. The van der Waals surface area contributed by atoms with Crippen molar-refractivity contribution in [1.29, 1.82) is 0 Å². The van der Waals surface area contributed by atoms with Crippen LogP contribution in [0, 0.1) is 5.92 Å². The van der Waals surface area contributed by atoms with Gasteiger partial charge in [0.1, 0.15) is 12.5 Å². The van der Waals surface area contributed by atoms with Gasteiger partial charge < -0.3 is 19.7 Å². The fraction of sp³-hybridized carbons (Fsp3) is 0.444. The van der Waals surface area contributed by atoms with Gasteiger partial charge in [-0.15, -0.1) is 0 Å². The van der Waals surface area contributed by atoms with Crippen LogP contribution in [-0.4, -0.2) is 48.4 Å². The Labute approximate surface area is 91.3 Å². The summed E-state index contributed by atoms with van der Waals surface area (Å²) in [6.45, 7) is -1.10. The predicted molar refractivity (Wildman–Crippen MR) is 50.3 cm³/mol. The van der Waals surface area contributed by atoms with E-state index in [2.05, 4.69) is 9.47 Å². The minimum atomic E-state index is -1.27. The highest BCUT2D eigenvalue weighted by Gasteiger charge is 2.17. The molecule has 2 N–H and O–H groups in total. The lowest BCUT2D eigenvalue weighted by Gasteiger charge is -2.07. The molecule has 0 aliphatic carbocycles. The highest BCUT2D eigenvalue weighted by molar-refractivity contribution is 5.91. The third kappa shape index (κ3) is 5.76. The second-order valence-corrected chi connectivity index (χ2v) is 2.70. The Balaban J connectivity index is 4.02. The van der Waals surface area contributed by atoms with Crippen molar-refractivity contribution in [1.82, 2.24) is 0 Å². The number of esters is 2. The number of hydrogen-bond acceptors (Lipinski definition) is 6. The SMILES string of the molecule is COC(=O)/C=C/C(=O)OCC(CO)C(=O)O. The molecule has 0 heterocycles. The Morgan fingerprint density at radius 1 is 1.25 bits per heavy atom. The van der Waals surface area contributed by atoms with Crippen molar-refractivity contribution in [3.05, 3.63) is 12.2 Å². The average Bonchev–Trinajstić information content (AvgIpc) is 2.26. The van der Waals surface area contributed by atoms with E-state index < -0.39 is 37.0 Å². The van der Waals surface area contributed by atoms with E-state index in [4.69, 9.17) is 10.2 Å². The average molecular weight is 232 g/mol. The summed E-state index contributed by atoms with van der Waals surface area (Å²) in [5.41, 5.74) is 0. The van der Waals surface area contributed by atoms with Crippen molar-refractivity contribution in [2.45, 2.75) is 0 Å². The number of rotatable bonds is 6. The van der Waals surface area contributed by atoms with Gasteiger partial charge in [0.05, 0.1) is 13.7 Å². The van der Waals surface area contributed by atoms with Crippen LogP contribution in [0.4, 0.5) is 0 Å². The van der Waals surface area contributed by atoms with Gasteiger partial charge in [-0.25, -0.2) is 9.59 Å². The third-order valence-corrected chi connectivity index (χ3v) is 1.55. The van der Waals surface area contributed by atoms with E-state index >= 15 is 0 Å². The third-order valence-electron chi connectivity index (χ3n) is 1.55. The summed E-state index contributed by atoms with van der Waals surface area (Å²) in [5, 5.41) is 17.1. The summed E-state index contributed by atoms with van der Waals surface area (Å²) in [7, 11) is 1.14. The Kier molecular flexibility index (Phi) is 6.53. The number of carboxylic acid groups (broad SMARTS) is 1. The van der Waals surface area contributed by atoms with Crippen molar-refractivity contribution in [3.8, 4) is 0 Å². The molecule has 0 aliphatic rings. The zero-order valence-electron chi connectivity index (χ0n) is 8.58. The Morgan fingerprint density at radius 3 is 2.25 bits per heavy atom. The van der Waals surface area contributed by atoms with Gasteiger partial charge in [-0.3, -0.25) is 4.79 Å². The molecule has 0 saturated heterocycles. The second-order valence-electron chi connectivity index (χ2n) is 2.70. The summed E-state index contributed by atoms with van der Waals surface area (Å²) in [6.07, 6.45) is 1.65. The molecule has 0 bridgehead atoms. The van der Waals surface area contributed by atoms with Crippen molar-refractivity contribution >= 4 is 17.9 Å². The van der Waals surface area contributed by atoms with Crippen LogP contribution in [0.1, 0.15) is 0 Å². The lowest BCUT2D eigenvalue weighted by molar-refractivity contribution is -0.149. The molecular formula is C9H12O7. The van der Waals surface area contributed by atoms with Crippen molar-refractivity contribution < 1.29 is 34.1 Å². The maximum Gasteiger partial charge on any atom is 0.331 e.